The number of hydrogen-bond donors (Lipinski definition) is 3. The van der Waals surface area contributed by atoms with E-state index in [1.807, 2.05) is 0 Å². The van der Waals surface area contributed by atoms with Crippen molar-refractivity contribution < 1.29 is 19.8 Å². The van der Waals surface area contributed by atoms with Crippen molar-refractivity contribution in [2.75, 3.05) is 5.32 Å². The fourth-order valence-electron chi connectivity index (χ4n) is 1.54. The van der Waals surface area contributed by atoms with Crippen LogP contribution in [0.3, 0.4) is 0 Å². The molecule has 1 heterocycles. The maximum Gasteiger partial charge on any atom is 0.339 e. The summed E-state index contributed by atoms with van der Waals surface area (Å²) in [5, 5.41) is 21.1. The van der Waals surface area contributed by atoms with E-state index in [1.54, 1.807) is 12.1 Å². The van der Waals surface area contributed by atoms with Gasteiger partial charge in [-0.05, 0) is 40.2 Å². The van der Waals surface area contributed by atoms with Crippen molar-refractivity contribution in [2.24, 2.45) is 0 Å². The molecular weight excluding hydrogens is 328 g/mol. The Morgan fingerprint density at radius 3 is 2.50 bits per heavy atom. The number of carboxylic acids is 1. The molecule has 20 heavy (non-hydrogen) atoms. The van der Waals surface area contributed by atoms with E-state index in [4.69, 9.17) is 5.11 Å². The zero-order valence-corrected chi connectivity index (χ0v) is 11.6. The molecule has 2 aromatic rings. The standard InChI is InChI=1S/C13H9BrN2O4/c14-10-6-2-5-9(15-10)12(18)16-8-4-1-3-7(11(8)17)13(19)20/h1-6,17H,(H,16,18)(H,19,20). The number of rotatable bonds is 3. The van der Waals surface area contributed by atoms with Crippen LogP contribution in [0.2, 0.25) is 0 Å². The number of aromatic carboxylic acids is 1. The van der Waals surface area contributed by atoms with Crippen LogP contribution < -0.4 is 5.32 Å². The van der Waals surface area contributed by atoms with Crippen LogP contribution in [0, 0.1) is 0 Å². The van der Waals surface area contributed by atoms with Crippen molar-refractivity contribution in [3.8, 4) is 5.75 Å². The zero-order valence-electron chi connectivity index (χ0n) is 10.0. The quantitative estimate of drug-likeness (QED) is 0.590. The molecule has 7 heteroatoms. The van der Waals surface area contributed by atoms with E-state index >= 15 is 0 Å². The van der Waals surface area contributed by atoms with Crippen LogP contribution in [-0.2, 0) is 0 Å². The Morgan fingerprint density at radius 2 is 1.85 bits per heavy atom. The van der Waals surface area contributed by atoms with E-state index in [1.165, 1.54) is 24.3 Å². The third kappa shape index (κ3) is 2.94. The first-order chi connectivity index (χ1) is 9.49. The zero-order chi connectivity index (χ0) is 14.7. The van der Waals surface area contributed by atoms with Crippen LogP contribution in [0.25, 0.3) is 0 Å². The largest absolute Gasteiger partial charge is 0.505 e. The summed E-state index contributed by atoms with van der Waals surface area (Å²) in [6.45, 7) is 0. The van der Waals surface area contributed by atoms with E-state index < -0.39 is 17.6 Å². The maximum atomic E-state index is 11.9. The lowest BCUT2D eigenvalue weighted by Crippen LogP contribution is -2.14. The lowest BCUT2D eigenvalue weighted by molar-refractivity contribution is 0.0693. The number of carbonyl (C=O) groups excluding carboxylic acids is 1. The van der Waals surface area contributed by atoms with Gasteiger partial charge >= 0.3 is 5.97 Å². The summed E-state index contributed by atoms with van der Waals surface area (Å²) in [5.74, 6) is -2.33. The average Bonchev–Trinajstić information content (AvgIpc) is 2.40. The predicted molar refractivity (Wildman–Crippen MR) is 75.0 cm³/mol. The number of aromatic nitrogens is 1. The molecule has 1 aromatic carbocycles. The number of hydrogen-bond acceptors (Lipinski definition) is 4. The molecule has 1 amide bonds. The molecule has 1 aromatic heterocycles. The second-order valence-corrected chi connectivity index (χ2v) is 4.62. The number of nitrogens with one attached hydrogen (secondary N) is 1. The van der Waals surface area contributed by atoms with Crippen LogP contribution in [0.5, 0.6) is 5.75 Å². The first kappa shape index (κ1) is 14.0. The molecule has 0 saturated carbocycles. The SMILES string of the molecule is O=C(Nc1cccc(C(=O)O)c1O)c1cccc(Br)n1. The topological polar surface area (TPSA) is 99.5 Å². The van der Waals surface area contributed by atoms with Crippen LogP contribution in [0.1, 0.15) is 20.8 Å². The summed E-state index contributed by atoms with van der Waals surface area (Å²) in [6.07, 6.45) is 0. The Balaban J connectivity index is 2.29. The molecule has 0 fully saturated rings. The summed E-state index contributed by atoms with van der Waals surface area (Å²) in [7, 11) is 0. The number of phenols is 1. The predicted octanol–water partition coefficient (Wildman–Crippen LogP) is 2.50. The van der Waals surface area contributed by atoms with Crippen molar-refractivity contribution in [1.29, 1.82) is 0 Å². The molecule has 0 spiro atoms. The van der Waals surface area contributed by atoms with Gasteiger partial charge in [0.25, 0.3) is 5.91 Å². The summed E-state index contributed by atoms with van der Waals surface area (Å²) in [4.78, 5) is 26.8. The number of carboxylic acid groups (broad SMARTS) is 1. The van der Waals surface area contributed by atoms with Gasteiger partial charge in [0.05, 0.1) is 5.69 Å². The molecule has 0 bridgehead atoms. The van der Waals surface area contributed by atoms with Gasteiger partial charge in [0.2, 0.25) is 0 Å². The third-order valence-electron chi connectivity index (χ3n) is 2.46. The highest BCUT2D eigenvalue weighted by Crippen LogP contribution is 2.27. The van der Waals surface area contributed by atoms with Crippen molar-refractivity contribution in [3.63, 3.8) is 0 Å². The molecule has 0 unspecified atom stereocenters. The highest BCUT2D eigenvalue weighted by atomic mass is 79.9. The second kappa shape index (κ2) is 5.70. The molecule has 0 aliphatic heterocycles. The van der Waals surface area contributed by atoms with E-state index in [0.717, 1.165) is 0 Å². The fourth-order valence-corrected chi connectivity index (χ4v) is 1.88. The van der Waals surface area contributed by atoms with Crippen LogP contribution in [0.15, 0.2) is 41.0 Å². The normalized spacial score (nSPS) is 10.1. The van der Waals surface area contributed by atoms with Gasteiger partial charge in [0.1, 0.15) is 15.9 Å². The van der Waals surface area contributed by atoms with E-state index in [9.17, 15) is 14.7 Å². The number of halogens is 1. The van der Waals surface area contributed by atoms with Gasteiger partial charge in [0.15, 0.2) is 5.75 Å². The van der Waals surface area contributed by atoms with Crippen molar-refractivity contribution in [1.82, 2.24) is 4.98 Å². The molecule has 3 N–H and O–H groups in total. The Labute approximate surface area is 122 Å². The van der Waals surface area contributed by atoms with Crippen molar-refractivity contribution in [2.45, 2.75) is 0 Å². The molecule has 0 radical (unpaired) electrons. The monoisotopic (exact) mass is 336 g/mol. The first-order valence-electron chi connectivity index (χ1n) is 5.48. The molecule has 6 nitrogen and oxygen atoms in total. The maximum absolute atomic E-state index is 11.9. The fraction of sp³-hybridized carbons (Fsp3) is 0. The van der Waals surface area contributed by atoms with Gasteiger partial charge in [-0.3, -0.25) is 4.79 Å². The van der Waals surface area contributed by atoms with Gasteiger partial charge in [-0.1, -0.05) is 12.1 Å². The molecule has 0 aliphatic rings. The van der Waals surface area contributed by atoms with Crippen LogP contribution >= 0.6 is 15.9 Å². The molecule has 0 aliphatic carbocycles. The van der Waals surface area contributed by atoms with Gasteiger partial charge < -0.3 is 15.5 Å². The number of para-hydroxylation sites is 1. The highest BCUT2D eigenvalue weighted by Gasteiger charge is 2.15. The third-order valence-corrected chi connectivity index (χ3v) is 2.90. The first-order valence-corrected chi connectivity index (χ1v) is 6.27. The number of aromatic hydroxyl groups is 1. The number of amides is 1. The second-order valence-electron chi connectivity index (χ2n) is 3.81. The minimum atomic E-state index is -1.28. The minimum absolute atomic E-state index is 0.0108. The molecular formula is C13H9BrN2O4. The van der Waals surface area contributed by atoms with Gasteiger partial charge in [-0.2, -0.15) is 0 Å². The van der Waals surface area contributed by atoms with Crippen molar-refractivity contribution >= 4 is 33.5 Å². The summed E-state index contributed by atoms with van der Waals surface area (Å²) < 4.78 is 0.494. The Kier molecular flexibility index (Phi) is 3.99. The Morgan fingerprint density at radius 1 is 1.15 bits per heavy atom. The molecule has 2 rings (SSSR count). The van der Waals surface area contributed by atoms with Crippen LogP contribution in [-0.4, -0.2) is 27.1 Å². The minimum Gasteiger partial charge on any atom is -0.505 e. The molecule has 0 atom stereocenters. The highest BCUT2D eigenvalue weighted by molar-refractivity contribution is 9.10. The van der Waals surface area contributed by atoms with Gasteiger partial charge in [-0.15, -0.1) is 0 Å². The lowest BCUT2D eigenvalue weighted by Gasteiger charge is -2.08. The average molecular weight is 337 g/mol. The number of pyridine rings is 1. The van der Waals surface area contributed by atoms with Gasteiger partial charge in [-0.25, -0.2) is 9.78 Å². The van der Waals surface area contributed by atoms with Crippen molar-refractivity contribution in [3.05, 3.63) is 52.3 Å². The molecule has 0 saturated heterocycles. The van der Waals surface area contributed by atoms with E-state index in [0.29, 0.717) is 4.60 Å². The van der Waals surface area contributed by atoms with Gasteiger partial charge in [0, 0.05) is 0 Å². The number of anilines is 1. The number of benzene rings is 1. The summed E-state index contributed by atoms with van der Waals surface area (Å²) >= 11 is 3.14. The Hall–Kier alpha value is -2.41. The van der Waals surface area contributed by atoms with Crippen LogP contribution in [0.4, 0.5) is 5.69 Å². The summed E-state index contributed by atoms with van der Waals surface area (Å²) in [6, 6.07) is 8.87. The Bertz CT molecular complexity index is 688. The van der Waals surface area contributed by atoms with E-state index in [2.05, 4.69) is 26.2 Å². The molecule has 102 valence electrons. The van der Waals surface area contributed by atoms with E-state index in [-0.39, 0.29) is 16.9 Å². The number of nitrogens with zero attached hydrogens (tertiary/aromatic N) is 1. The lowest BCUT2D eigenvalue weighted by atomic mass is 10.1. The number of carbonyl (C=O) groups is 2. The smallest absolute Gasteiger partial charge is 0.339 e. The summed E-state index contributed by atoms with van der Waals surface area (Å²) in [5.41, 5.74) is -0.138.